The molecule has 0 aromatic heterocycles. The van der Waals surface area contributed by atoms with Crippen molar-refractivity contribution in [3.05, 3.63) is 0 Å². The predicted molar refractivity (Wildman–Crippen MR) is 88.1 cm³/mol. The van der Waals surface area contributed by atoms with E-state index in [0.29, 0.717) is 72.7 Å². The number of hydrogen-bond donors (Lipinski definition) is 1. The van der Waals surface area contributed by atoms with E-state index < -0.39 is 10.4 Å². The average molecular weight is 390 g/mol. The number of rotatable bonds is 20. The first-order valence-electron chi connectivity index (χ1n) is 8.14. The maximum atomic E-state index is 10.2. The van der Waals surface area contributed by atoms with E-state index in [0.717, 1.165) is 0 Å². The van der Waals surface area contributed by atoms with Crippen molar-refractivity contribution in [2.24, 2.45) is 0 Å². The van der Waals surface area contributed by atoms with Gasteiger partial charge in [0.25, 0.3) is 0 Å². The van der Waals surface area contributed by atoms with Crippen molar-refractivity contribution in [2.75, 3.05) is 85.9 Å². The highest BCUT2D eigenvalue weighted by molar-refractivity contribution is 7.80. The molecule has 152 valence electrons. The van der Waals surface area contributed by atoms with Gasteiger partial charge in [-0.2, -0.15) is 8.42 Å². The zero-order valence-corrected chi connectivity index (χ0v) is 15.5. The molecule has 10 nitrogen and oxygen atoms in total. The van der Waals surface area contributed by atoms with Gasteiger partial charge < -0.3 is 28.4 Å². The molecule has 0 aliphatic heterocycles. The highest BCUT2D eigenvalue weighted by Crippen LogP contribution is 1.87. The molecule has 0 saturated carbocycles. The zero-order valence-electron chi connectivity index (χ0n) is 14.7. The van der Waals surface area contributed by atoms with Crippen LogP contribution in [0.5, 0.6) is 0 Å². The van der Waals surface area contributed by atoms with Crippen LogP contribution in [-0.2, 0) is 43.0 Å². The third-order valence-electron chi connectivity index (χ3n) is 2.52. The first kappa shape index (κ1) is 24.6. The summed E-state index contributed by atoms with van der Waals surface area (Å²) >= 11 is 0. The molecule has 0 fully saturated rings. The molecule has 0 amide bonds. The van der Waals surface area contributed by atoms with Gasteiger partial charge in [-0.15, -0.1) is 0 Å². The minimum Gasteiger partial charge on any atom is -0.379 e. The van der Waals surface area contributed by atoms with Crippen LogP contribution in [0.1, 0.15) is 6.92 Å². The summed E-state index contributed by atoms with van der Waals surface area (Å²) in [5, 5.41) is 0. The lowest BCUT2D eigenvalue weighted by atomic mass is 10.7. The molecule has 0 heterocycles. The highest BCUT2D eigenvalue weighted by atomic mass is 32.3. The Labute approximate surface area is 149 Å². The number of hydrogen-bond acceptors (Lipinski definition) is 9. The Hall–Kier alpha value is -0.370. The van der Waals surface area contributed by atoms with Gasteiger partial charge in [-0.1, -0.05) is 0 Å². The molecule has 11 heteroatoms. The van der Waals surface area contributed by atoms with Gasteiger partial charge in [-0.3, -0.25) is 4.55 Å². The summed E-state index contributed by atoms with van der Waals surface area (Å²) < 4.78 is 64.2. The molecule has 0 rings (SSSR count). The molecule has 0 aliphatic rings. The van der Waals surface area contributed by atoms with E-state index in [2.05, 4.69) is 4.18 Å². The van der Waals surface area contributed by atoms with Crippen LogP contribution in [0.3, 0.4) is 0 Å². The highest BCUT2D eigenvalue weighted by Gasteiger charge is 2.02. The normalized spacial score (nSPS) is 11.9. The Morgan fingerprint density at radius 1 is 0.560 bits per heavy atom. The molecule has 0 atom stereocenters. The summed E-state index contributed by atoms with van der Waals surface area (Å²) in [5.41, 5.74) is 0. The van der Waals surface area contributed by atoms with Crippen LogP contribution in [-0.4, -0.2) is 98.9 Å². The van der Waals surface area contributed by atoms with E-state index in [9.17, 15) is 8.42 Å². The summed E-state index contributed by atoms with van der Waals surface area (Å²) in [6, 6.07) is 0. The van der Waals surface area contributed by atoms with E-state index in [1.807, 2.05) is 6.92 Å². The molecule has 0 aromatic carbocycles. The van der Waals surface area contributed by atoms with Gasteiger partial charge >= 0.3 is 10.4 Å². The topological polar surface area (TPSA) is 119 Å². The van der Waals surface area contributed by atoms with Gasteiger partial charge in [0.2, 0.25) is 0 Å². The number of ether oxygens (including phenoxy) is 6. The fraction of sp³-hybridized carbons (Fsp3) is 1.00. The molecule has 0 unspecified atom stereocenters. The van der Waals surface area contributed by atoms with Crippen molar-refractivity contribution in [1.82, 2.24) is 0 Å². The van der Waals surface area contributed by atoms with Crippen molar-refractivity contribution in [1.29, 1.82) is 0 Å². The standard InChI is InChI=1S/C14H30O10S/c1-2-18-3-4-19-5-6-20-7-8-21-9-10-22-11-12-23-13-14-24-25(15,16)17/h2-14H2,1H3,(H,15,16,17). The van der Waals surface area contributed by atoms with E-state index in [4.69, 9.17) is 33.0 Å². The molecule has 0 bridgehead atoms. The summed E-state index contributed by atoms with van der Waals surface area (Å²) in [4.78, 5) is 0. The van der Waals surface area contributed by atoms with Crippen LogP contribution >= 0.6 is 0 Å². The van der Waals surface area contributed by atoms with Crippen LogP contribution in [0.15, 0.2) is 0 Å². The summed E-state index contributed by atoms with van der Waals surface area (Å²) in [7, 11) is -4.40. The molecule has 0 radical (unpaired) electrons. The third kappa shape index (κ3) is 23.6. The fourth-order valence-corrected chi connectivity index (χ4v) is 1.72. The molecule has 0 saturated heterocycles. The first-order chi connectivity index (χ1) is 12.1. The van der Waals surface area contributed by atoms with E-state index in [1.54, 1.807) is 0 Å². The lowest BCUT2D eigenvalue weighted by Gasteiger charge is -2.08. The minimum atomic E-state index is -4.40. The molecule has 0 spiro atoms. The average Bonchev–Trinajstić information content (AvgIpc) is 2.56. The van der Waals surface area contributed by atoms with Crippen LogP contribution in [0.25, 0.3) is 0 Å². The lowest BCUT2D eigenvalue weighted by molar-refractivity contribution is -0.0173. The molecule has 25 heavy (non-hydrogen) atoms. The molecule has 0 aliphatic carbocycles. The Kier molecular flexibility index (Phi) is 18.1. The van der Waals surface area contributed by atoms with Gasteiger partial charge in [0, 0.05) is 6.61 Å². The quantitative estimate of drug-likeness (QED) is 0.223. The van der Waals surface area contributed by atoms with Crippen LogP contribution in [0, 0.1) is 0 Å². The largest absolute Gasteiger partial charge is 0.397 e. The fourth-order valence-electron chi connectivity index (χ4n) is 1.44. The summed E-state index contributed by atoms with van der Waals surface area (Å²) in [6.45, 7) is 7.15. The van der Waals surface area contributed by atoms with Gasteiger partial charge in [0.15, 0.2) is 0 Å². The van der Waals surface area contributed by atoms with Crippen LogP contribution in [0.4, 0.5) is 0 Å². The molecule has 1 N–H and O–H groups in total. The van der Waals surface area contributed by atoms with E-state index >= 15 is 0 Å². The molecule has 0 aromatic rings. The Balaban J connectivity index is 3.03. The van der Waals surface area contributed by atoms with E-state index in [1.165, 1.54) is 0 Å². The van der Waals surface area contributed by atoms with Crippen molar-refractivity contribution in [2.45, 2.75) is 6.92 Å². The second-order valence-electron chi connectivity index (χ2n) is 4.51. The third-order valence-corrected chi connectivity index (χ3v) is 2.99. The van der Waals surface area contributed by atoms with Crippen molar-refractivity contribution < 1.29 is 45.6 Å². The van der Waals surface area contributed by atoms with Crippen LogP contribution < -0.4 is 0 Å². The Morgan fingerprint density at radius 3 is 1.12 bits per heavy atom. The van der Waals surface area contributed by atoms with Gasteiger partial charge in [-0.05, 0) is 6.92 Å². The monoisotopic (exact) mass is 390 g/mol. The SMILES string of the molecule is CCOCCOCCOCCOCCOCCOCCOS(=O)(=O)O. The summed E-state index contributed by atoms with van der Waals surface area (Å²) in [6.07, 6.45) is 0. The lowest BCUT2D eigenvalue weighted by Crippen LogP contribution is -2.15. The predicted octanol–water partition coefficient (Wildman–Crippen LogP) is -0.0747. The molecular formula is C14H30O10S. The smallest absolute Gasteiger partial charge is 0.379 e. The van der Waals surface area contributed by atoms with Crippen molar-refractivity contribution >= 4 is 10.4 Å². The maximum absolute atomic E-state index is 10.2. The van der Waals surface area contributed by atoms with Crippen molar-refractivity contribution in [3.8, 4) is 0 Å². The zero-order chi connectivity index (χ0) is 18.6. The minimum absolute atomic E-state index is 0.0479. The van der Waals surface area contributed by atoms with Gasteiger partial charge in [-0.25, -0.2) is 4.18 Å². The first-order valence-corrected chi connectivity index (χ1v) is 9.51. The molecular weight excluding hydrogens is 360 g/mol. The maximum Gasteiger partial charge on any atom is 0.397 e. The van der Waals surface area contributed by atoms with E-state index in [-0.39, 0.29) is 13.2 Å². The second kappa shape index (κ2) is 18.4. The Morgan fingerprint density at radius 2 is 0.840 bits per heavy atom. The second-order valence-corrected chi connectivity index (χ2v) is 5.60. The van der Waals surface area contributed by atoms with Crippen molar-refractivity contribution in [3.63, 3.8) is 0 Å². The van der Waals surface area contributed by atoms with Gasteiger partial charge in [0.05, 0.1) is 79.3 Å². The Bertz CT molecular complexity index is 363. The van der Waals surface area contributed by atoms with Crippen LogP contribution in [0.2, 0.25) is 0 Å². The van der Waals surface area contributed by atoms with Gasteiger partial charge in [0.1, 0.15) is 0 Å². The summed E-state index contributed by atoms with van der Waals surface area (Å²) in [5.74, 6) is 0.